The van der Waals surface area contributed by atoms with E-state index in [0.717, 1.165) is 5.06 Å². The summed E-state index contributed by atoms with van der Waals surface area (Å²) >= 11 is 0. The van der Waals surface area contributed by atoms with E-state index in [4.69, 9.17) is 9.84 Å². The van der Waals surface area contributed by atoms with Crippen molar-refractivity contribution in [1.29, 1.82) is 0 Å². The molecule has 1 N–H and O–H groups in total. The number of piperidine rings is 1. The molecule has 1 saturated heterocycles. The Hall–Kier alpha value is -1.40. The molecule has 131 valence electrons. The number of carbonyl (C=O) groups excluding carboxylic acids is 1. The summed E-state index contributed by atoms with van der Waals surface area (Å²) in [6.07, 6.45) is 0.304. The first kappa shape index (κ1) is 19.6. The highest BCUT2D eigenvalue weighted by atomic mass is 16.6. The lowest BCUT2D eigenvalue weighted by Crippen LogP contribution is -2.56. The minimum absolute atomic E-state index is 0.168. The molecular formula is C17H28NO5. The molecule has 0 aromatic rings. The first-order chi connectivity index (χ1) is 10.2. The number of hydroxylamine groups is 2. The van der Waals surface area contributed by atoms with Crippen LogP contribution >= 0.6 is 0 Å². The van der Waals surface area contributed by atoms with Crippen molar-refractivity contribution < 1.29 is 24.6 Å². The Bertz CT molecular complexity index is 506. The van der Waals surface area contributed by atoms with Gasteiger partial charge in [0.2, 0.25) is 0 Å². The second-order valence-corrected chi connectivity index (χ2v) is 8.43. The molecule has 6 nitrogen and oxygen atoms in total. The molecule has 1 radical (unpaired) electrons. The van der Waals surface area contributed by atoms with E-state index in [1.807, 2.05) is 0 Å². The van der Waals surface area contributed by atoms with Crippen LogP contribution in [0.25, 0.3) is 0 Å². The molecule has 1 rings (SSSR count). The Kier molecular flexibility index (Phi) is 5.33. The van der Waals surface area contributed by atoms with Gasteiger partial charge in [0.1, 0.15) is 5.60 Å². The van der Waals surface area contributed by atoms with Crippen molar-refractivity contribution in [1.82, 2.24) is 5.06 Å². The third-order valence-electron chi connectivity index (χ3n) is 3.79. The molecule has 0 spiro atoms. The molecule has 0 aromatic carbocycles. The average Bonchev–Trinajstić information content (AvgIpc) is 2.29. The van der Waals surface area contributed by atoms with Crippen molar-refractivity contribution in [2.24, 2.45) is 0 Å². The van der Waals surface area contributed by atoms with E-state index in [9.17, 15) is 14.8 Å². The maximum absolute atomic E-state index is 12.5. The topological polar surface area (TPSA) is 86.7 Å². The summed E-state index contributed by atoms with van der Waals surface area (Å²) in [5.74, 6) is -1.70. The largest absolute Gasteiger partial charge is 0.481 e. The number of hydrogen-bond donors (Lipinski definition) is 1. The number of ether oxygens (including phenoxy) is 1. The van der Waals surface area contributed by atoms with Gasteiger partial charge in [-0.2, -0.15) is 0 Å². The number of carbonyl (C=O) groups is 2. The van der Waals surface area contributed by atoms with Crippen LogP contribution in [-0.2, 0) is 19.5 Å². The van der Waals surface area contributed by atoms with Gasteiger partial charge in [0.15, 0.2) is 0 Å². The molecule has 0 amide bonds. The van der Waals surface area contributed by atoms with E-state index in [1.165, 1.54) is 0 Å². The molecule has 1 fully saturated rings. The van der Waals surface area contributed by atoms with Crippen molar-refractivity contribution in [2.75, 3.05) is 0 Å². The Morgan fingerprint density at radius 2 is 1.57 bits per heavy atom. The Morgan fingerprint density at radius 3 is 1.91 bits per heavy atom. The summed E-state index contributed by atoms with van der Waals surface area (Å²) < 4.78 is 5.37. The van der Waals surface area contributed by atoms with E-state index in [0.29, 0.717) is 18.4 Å². The molecular weight excluding hydrogens is 298 g/mol. The standard InChI is InChI=1S/C17H28NO5/c1-15(2,3)23-14(21)12(8-13(19)20)11-9-16(4,5)18(22)17(6,7)10-11/h8-10H2,1-7H3,(H,19,20). The van der Waals surface area contributed by atoms with Gasteiger partial charge in [-0.3, -0.25) is 4.79 Å². The molecule has 0 saturated carbocycles. The van der Waals surface area contributed by atoms with Gasteiger partial charge in [0.25, 0.3) is 0 Å². The Balaban J connectivity index is 3.30. The van der Waals surface area contributed by atoms with E-state index in [2.05, 4.69) is 0 Å². The van der Waals surface area contributed by atoms with E-state index >= 15 is 0 Å². The monoisotopic (exact) mass is 326 g/mol. The number of rotatable bonds is 3. The minimum atomic E-state index is -1.08. The van der Waals surface area contributed by atoms with E-state index < -0.39 is 35.0 Å². The van der Waals surface area contributed by atoms with Crippen LogP contribution < -0.4 is 0 Å². The molecule has 1 aliphatic heterocycles. The highest BCUT2D eigenvalue weighted by molar-refractivity contribution is 5.94. The number of esters is 1. The maximum Gasteiger partial charge on any atom is 0.335 e. The van der Waals surface area contributed by atoms with Crippen LogP contribution in [0.1, 0.15) is 67.7 Å². The molecule has 0 bridgehead atoms. The third kappa shape index (κ3) is 5.04. The van der Waals surface area contributed by atoms with Crippen LogP contribution in [0.3, 0.4) is 0 Å². The van der Waals surface area contributed by atoms with Crippen LogP contribution in [-0.4, -0.2) is 38.8 Å². The van der Waals surface area contributed by atoms with Gasteiger partial charge in [0, 0.05) is 16.7 Å². The SMILES string of the molecule is CC(C)(C)OC(=O)C(CC(=O)O)=C1CC(C)(C)N([O])C(C)(C)C1. The van der Waals surface area contributed by atoms with Gasteiger partial charge in [0.05, 0.1) is 6.42 Å². The van der Waals surface area contributed by atoms with Crippen molar-refractivity contribution in [3.05, 3.63) is 11.1 Å². The van der Waals surface area contributed by atoms with Crippen molar-refractivity contribution >= 4 is 11.9 Å². The van der Waals surface area contributed by atoms with Gasteiger partial charge >= 0.3 is 11.9 Å². The van der Waals surface area contributed by atoms with Crippen LogP contribution in [0.5, 0.6) is 0 Å². The van der Waals surface area contributed by atoms with E-state index in [-0.39, 0.29) is 5.57 Å². The first-order valence-electron chi connectivity index (χ1n) is 7.79. The third-order valence-corrected chi connectivity index (χ3v) is 3.79. The number of carboxylic acid groups (broad SMARTS) is 1. The minimum Gasteiger partial charge on any atom is -0.481 e. The lowest BCUT2D eigenvalue weighted by Gasteiger charge is -2.48. The lowest BCUT2D eigenvalue weighted by atomic mass is 9.76. The molecule has 6 heteroatoms. The second kappa shape index (κ2) is 6.24. The van der Waals surface area contributed by atoms with Crippen LogP contribution in [0.2, 0.25) is 0 Å². The Labute approximate surface area is 138 Å². The average molecular weight is 326 g/mol. The second-order valence-electron chi connectivity index (χ2n) is 8.43. The fourth-order valence-electron chi connectivity index (χ4n) is 3.12. The highest BCUT2D eigenvalue weighted by Gasteiger charge is 2.45. The smallest absolute Gasteiger partial charge is 0.335 e. The van der Waals surface area contributed by atoms with Crippen LogP contribution in [0, 0.1) is 0 Å². The van der Waals surface area contributed by atoms with Crippen molar-refractivity contribution in [3.8, 4) is 0 Å². The zero-order chi connectivity index (χ0) is 18.2. The van der Waals surface area contributed by atoms with Gasteiger partial charge < -0.3 is 9.84 Å². The maximum atomic E-state index is 12.5. The zero-order valence-electron chi connectivity index (χ0n) is 15.1. The first-order valence-corrected chi connectivity index (χ1v) is 7.79. The molecule has 1 aliphatic rings. The zero-order valence-corrected chi connectivity index (χ0v) is 15.1. The molecule has 1 heterocycles. The Morgan fingerprint density at radius 1 is 1.13 bits per heavy atom. The summed E-state index contributed by atoms with van der Waals surface area (Å²) in [7, 11) is 0. The van der Waals surface area contributed by atoms with Gasteiger partial charge in [-0.15, -0.1) is 10.3 Å². The van der Waals surface area contributed by atoms with Crippen LogP contribution in [0.4, 0.5) is 0 Å². The highest BCUT2D eigenvalue weighted by Crippen LogP contribution is 2.41. The molecule has 0 unspecified atom stereocenters. The number of aliphatic carboxylic acids is 1. The molecule has 23 heavy (non-hydrogen) atoms. The summed E-state index contributed by atoms with van der Waals surface area (Å²) in [6.45, 7) is 12.4. The summed E-state index contributed by atoms with van der Waals surface area (Å²) in [5, 5.41) is 22.6. The van der Waals surface area contributed by atoms with Crippen LogP contribution in [0.15, 0.2) is 11.1 Å². The predicted octanol–water partition coefficient (Wildman–Crippen LogP) is 3.10. The summed E-state index contributed by atoms with van der Waals surface area (Å²) in [5.41, 5.74) is -1.25. The van der Waals surface area contributed by atoms with E-state index in [1.54, 1.807) is 48.5 Å². The summed E-state index contributed by atoms with van der Waals surface area (Å²) in [6, 6.07) is 0. The van der Waals surface area contributed by atoms with Crippen molar-refractivity contribution in [3.63, 3.8) is 0 Å². The molecule has 0 aromatic heterocycles. The number of nitrogens with zero attached hydrogens (tertiary/aromatic N) is 1. The van der Waals surface area contributed by atoms with Crippen molar-refractivity contribution in [2.45, 2.75) is 84.4 Å². The predicted molar refractivity (Wildman–Crippen MR) is 85.0 cm³/mol. The number of carboxylic acids is 1. The molecule has 0 atom stereocenters. The van der Waals surface area contributed by atoms with Gasteiger partial charge in [-0.1, -0.05) is 5.57 Å². The molecule has 0 aliphatic carbocycles. The quantitative estimate of drug-likeness (QED) is 0.636. The van der Waals surface area contributed by atoms with Gasteiger partial charge in [-0.25, -0.2) is 4.79 Å². The lowest BCUT2D eigenvalue weighted by molar-refractivity contribution is -0.279. The fraction of sp³-hybridized carbons (Fsp3) is 0.765. The fourth-order valence-corrected chi connectivity index (χ4v) is 3.12. The normalized spacial score (nSPS) is 21.0. The number of hydrogen-bond acceptors (Lipinski definition) is 4. The van der Waals surface area contributed by atoms with Gasteiger partial charge in [-0.05, 0) is 61.3 Å². The summed E-state index contributed by atoms with van der Waals surface area (Å²) in [4.78, 5) is 23.7.